The molecule has 0 unspecified atom stereocenters. The number of rotatable bonds is 7. The van der Waals surface area contributed by atoms with E-state index < -0.39 is 18.5 Å². The second kappa shape index (κ2) is 9.32. The van der Waals surface area contributed by atoms with E-state index in [4.69, 9.17) is 26.2 Å². The van der Waals surface area contributed by atoms with E-state index in [1.54, 1.807) is 0 Å². The van der Waals surface area contributed by atoms with Crippen LogP contribution in [0.25, 0.3) is 10.4 Å². The van der Waals surface area contributed by atoms with Crippen LogP contribution < -0.4 is 10.1 Å². The van der Waals surface area contributed by atoms with Crippen molar-refractivity contribution in [3.63, 3.8) is 0 Å². The molecular formula is C24H30ClNO5S. The first-order valence-electron chi connectivity index (χ1n) is 10.5. The standard InChI is InChI=1S/C24H30ClNO5S/c1-23(2)10-16(11-24(3,4)13-23)26-15-8-6-7-14(9-15)20-18(25)19(31-12-17(27)28)21(32-20)22(29)30-5/h6-9,16,26H,10-13H2,1-5H3,(H,27,28). The highest BCUT2D eigenvalue weighted by atomic mass is 35.5. The molecule has 1 fully saturated rings. The lowest BCUT2D eigenvalue weighted by Crippen LogP contribution is -2.40. The maximum absolute atomic E-state index is 12.2. The van der Waals surface area contributed by atoms with E-state index in [1.807, 2.05) is 24.3 Å². The summed E-state index contributed by atoms with van der Waals surface area (Å²) in [5.41, 5.74) is 2.31. The number of aliphatic carboxylic acids is 1. The van der Waals surface area contributed by atoms with Crippen molar-refractivity contribution in [3.05, 3.63) is 34.2 Å². The van der Waals surface area contributed by atoms with Crippen LogP contribution in [0.4, 0.5) is 5.69 Å². The molecule has 32 heavy (non-hydrogen) atoms. The van der Waals surface area contributed by atoms with Crippen molar-refractivity contribution < 1.29 is 24.2 Å². The zero-order valence-corrected chi connectivity index (χ0v) is 20.7. The molecule has 1 aliphatic rings. The number of carbonyl (C=O) groups is 2. The Labute approximate surface area is 197 Å². The Hall–Kier alpha value is -2.25. The van der Waals surface area contributed by atoms with E-state index in [-0.39, 0.29) is 26.5 Å². The number of hydrogen-bond donors (Lipinski definition) is 2. The molecule has 0 bridgehead atoms. The number of halogens is 1. The average Bonchev–Trinajstić information content (AvgIpc) is 2.99. The fourth-order valence-electron chi connectivity index (χ4n) is 5.01. The topological polar surface area (TPSA) is 84.9 Å². The monoisotopic (exact) mass is 479 g/mol. The fraction of sp³-hybridized carbons (Fsp3) is 0.500. The van der Waals surface area contributed by atoms with Gasteiger partial charge in [-0.3, -0.25) is 0 Å². The number of methoxy groups -OCH3 is 1. The van der Waals surface area contributed by atoms with Crippen LogP contribution in [0, 0.1) is 10.8 Å². The van der Waals surface area contributed by atoms with Gasteiger partial charge >= 0.3 is 11.9 Å². The molecule has 3 rings (SSSR count). The molecule has 1 aromatic heterocycles. The van der Waals surface area contributed by atoms with Gasteiger partial charge in [-0.2, -0.15) is 0 Å². The van der Waals surface area contributed by atoms with Gasteiger partial charge in [-0.1, -0.05) is 51.4 Å². The highest BCUT2D eigenvalue weighted by Crippen LogP contribution is 2.48. The first kappa shape index (κ1) is 24.4. The molecule has 0 aliphatic heterocycles. The summed E-state index contributed by atoms with van der Waals surface area (Å²) in [6.07, 6.45) is 3.36. The Morgan fingerprint density at radius 3 is 2.47 bits per heavy atom. The lowest BCUT2D eigenvalue weighted by molar-refractivity contribution is -0.139. The number of carboxylic acid groups (broad SMARTS) is 1. The minimum atomic E-state index is -1.16. The Morgan fingerprint density at radius 2 is 1.88 bits per heavy atom. The molecule has 2 aromatic rings. The first-order valence-corrected chi connectivity index (χ1v) is 11.7. The largest absolute Gasteiger partial charge is 0.479 e. The van der Waals surface area contributed by atoms with Crippen LogP contribution in [0.1, 0.15) is 56.6 Å². The molecule has 1 saturated carbocycles. The van der Waals surface area contributed by atoms with Gasteiger partial charge < -0.3 is 19.9 Å². The number of ether oxygens (including phenoxy) is 2. The molecule has 0 amide bonds. The first-order chi connectivity index (χ1) is 14.9. The van der Waals surface area contributed by atoms with Crippen LogP contribution in [0.15, 0.2) is 24.3 Å². The van der Waals surface area contributed by atoms with Crippen molar-refractivity contribution in [2.75, 3.05) is 19.0 Å². The van der Waals surface area contributed by atoms with Gasteiger partial charge in [0.05, 0.1) is 12.0 Å². The van der Waals surface area contributed by atoms with Crippen molar-refractivity contribution >= 4 is 40.6 Å². The number of carboxylic acids is 1. The Bertz CT molecular complexity index is 998. The predicted octanol–water partition coefficient (Wildman–Crippen LogP) is 6.34. The summed E-state index contributed by atoms with van der Waals surface area (Å²) in [7, 11) is 1.26. The number of benzene rings is 1. The van der Waals surface area contributed by atoms with Gasteiger partial charge in [0, 0.05) is 11.7 Å². The summed E-state index contributed by atoms with van der Waals surface area (Å²) in [4.78, 5) is 23.9. The van der Waals surface area contributed by atoms with Gasteiger partial charge in [-0.25, -0.2) is 9.59 Å². The lowest BCUT2D eigenvalue weighted by atomic mass is 9.63. The summed E-state index contributed by atoms with van der Waals surface area (Å²) in [6, 6.07) is 8.20. The zero-order chi connectivity index (χ0) is 23.7. The zero-order valence-electron chi connectivity index (χ0n) is 19.1. The Kier molecular flexibility index (Phi) is 7.10. The van der Waals surface area contributed by atoms with Crippen LogP contribution >= 0.6 is 22.9 Å². The molecule has 1 aliphatic carbocycles. The summed E-state index contributed by atoms with van der Waals surface area (Å²) < 4.78 is 10.1. The minimum Gasteiger partial charge on any atom is -0.479 e. The molecule has 2 N–H and O–H groups in total. The SMILES string of the molecule is COC(=O)c1sc(-c2cccc(NC3CC(C)(C)CC(C)(C)C3)c2)c(Cl)c1OCC(=O)O. The second-order valence-electron chi connectivity index (χ2n) is 9.91. The normalized spacial score (nSPS) is 17.6. The third kappa shape index (κ3) is 5.75. The summed E-state index contributed by atoms with van der Waals surface area (Å²) in [6.45, 7) is 8.67. The summed E-state index contributed by atoms with van der Waals surface area (Å²) >= 11 is 7.66. The molecule has 0 radical (unpaired) electrons. The van der Waals surface area contributed by atoms with E-state index in [2.05, 4.69) is 33.0 Å². The van der Waals surface area contributed by atoms with Gasteiger partial charge in [0.1, 0.15) is 5.02 Å². The number of anilines is 1. The van der Waals surface area contributed by atoms with Crippen molar-refractivity contribution in [1.29, 1.82) is 0 Å². The van der Waals surface area contributed by atoms with Gasteiger partial charge in [0.15, 0.2) is 17.2 Å². The highest BCUT2D eigenvalue weighted by Gasteiger charge is 2.38. The van der Waals surface area contributed by atoms with Gasteiger partial charge in [0.2, 0.25) is 0 Å². The molecule has 0 saturated heterocycles. The van der Waals surface area contributed by atoms with Crippen LogP contribution in [0.3, 0.4) is 0 Å². The molecule has 8 heteroatoms. The van der Waals surface area contributed by atoms with Gasteiger partial charge in [0.25, 0.3) is 0 Å². The molecule has 0 spiro atoms. The smallest absolute Gasteiger partial charge is 0.351 e. The number of carbonyl (C=O) groups excluding carboxylic acids is 1. The molecular weight excluding hydrogens is 450 g/mol. The minimum absolute atomic E-state index is 0.0371. The van der Waals surface area contributed by atoms with Crippen molar-refractivity contribution in [2.24, 2.45) is 10.8 Å². The van der Waals surface area contributed by atoms with Crippen LogP contribution in [-0.4, -0.2) is 36.8 Å². The Morgan fingerprint density at radius 1 is 1.22 bits per heavy atom. The van der Waals surface area contributed by atoms with Crippen LogP contribution in [0.5, 0.6) is 5.75 Å². The fourth-order valence-corrected chi connectivity index (χ4v) is 6.49. The number of esters is 1. The third-order valence-electron chi connectivity index (χ3n) is 5.57. The third-order valence-corrected chi connectivity index (χ3v) is 7.24. The van der Waals surface area contributed by atoms with Gasteiger partial charge in [-0.15, -0.1) is 11.3 Å². The maximum Gasteiger partial charge on any atom is 0.351 e. The van der Waals surface area contributed by atoms with E-state index in [9.17, 15) is 9.59 Å². The van der Waals surface area contributed by atoms with E-state index in [0.29, 0.717) is 10.9 Å². The van der Waals surface area contributed by atoms with E-state index in [1.165, 1.54) is 13.5 Å². The average molecular weight is 480 g/mol. The van der Waals surface area contributed by atoms with Gasteiger partial charge in [-0.05, 0) is 47.8 Å². The van der Waals surface area contributed by atoms with E-state index >= 15 is 0 Å². The van der Waals surface area contributed by atoms with Crippen molar-refractivity contribution in [1.82, 2.24) is 0 Å². The van der Waals surface area contributed by atoms with Crippen molar-refractivity contribution in [3.8, 4) is 16.2 Å². The lowest BCUT2D eigenvalue weighted by Gasteiger charge is -2.45. The number of nitrogens with one attached hydrogen (secondary N) is 1. The quantitative estimate of drug-likeness (QED) is 0.451. The maximum atomic E-state index is 12.2. The highest BCUT2D eigenvalue weighted by molar-refractivity contribution is 7.18. The van der Waals surface area contributed by atoms with E-state index in [0.717, 1.165) is 35.4 Å². The predicted molar refractivity (Wildman–Crippen MR) is 128 cm³/mol. The summed E-state index contributed by atoms with van der Waals surface area (Å²) in [5, 5.41) is 12.8. The molecule has 174 valence electrons. The van der Waals surface area contributed by atoms with Crippen LogP contribution in [0.2, 0.25) is 5.02 Å². The molecule has 6 nitrogen and oxygen atoms in total. The van der Waals surface area contributed by atoms with Crippen molar-refractivity contribution in [2.45, 2.75) is 53.0 Å². The number of hydrogen-bond acceptors (Lipinski definition) is 6. The molecule has 0 atom stereocenters. The number of thiophene rings is 1. The summed E-state index contributed by atoms with van der Waals surface area (Å²) in [5.74, 6) is -1.74. The second-order valence-corrected chi connectivity index (χ2v) is 11.3. The molecule has 1 aromatic carbocycles. The van der Waals surface area contributed by atoms with Crippen LogP contribution in [-0.2, 0) is 9.53 Å². The Balaban J connectivity index is 1.90. The molecule has 1 heterocycles.